The number of ether oxygens (including phenoxy) is 1. The quantitative estimate of drug-likeness (QED) is 0.546. The predicted molar refractivity (Wildman–Crippen MR) is 122 cm³/mol. The van der Waals surface area contributed by atoms with E-state index in [1.807, 2.05) is 6.92 Å². The Morgan fingerprint density at radius 2 is 1.82 bits per heavy atom. The Morgan fingerprint density at radius 1 is 1.09 bits per heavy atom. The molecule has 0 fully saturated rings. The van der Waals surface area contributed by atoms with Gasteiger partial charge in [0.05, 0.1) is 0 Å². The minimum absolute atomic E-state index is 0.201. The first-order valence-electron chi connectivity index (χ1n) is 10.7. The highest BCUT2D eigenvalue weighted by Crippen LogP contribution is 2.17. The number of amides is 3. The van der Waals surface area contributed by atoms with Crippen LogP contribution in [0.4, 0.5) is 4.79 Å². The molecule has 2 heterocycles. The molecule has 0 unspecified atom stereocenters. The zero-order valence-corrected chi connectivity index (χ0v) is 19.2. The Morgan fingerprint density at radius 3 is 2.45 bits per heavy atom. The highest BCUT2D eigenvalue weighted by atomic mass is 16.6. The lowest BCUT2D eigenvalue weighted by molar-refractivity contribution is 0.0133. The first-order valence-corrected chi connectivity index (χ1v) is 10.7. The van der Waals surface area contributed by atoms with Gasteiger partial charge >= 0.3 is 6.09 Å². The van der Waals surface area contributed by atoms with Crippen LogP contribution in [0, 0.1) is 0 Å². The Bertz CT molecular complexity index is 1100. The number of furan rings is 1. The van der Waals surface area contributed by atoms with E-state index < -0.39 is 17.6 Å². The average Bonchev–Trinajstić information content (AvgIpc) is 3.21. The molecule has 3 aromatic rings. The summed E-state index contributed by atoms with van der Waals surface area (Å²) in [7, 11) is 0. The van der Waals surface area contributed by atoms with Crippen molar-refractivity contribution in [1.82, 2.24) is 20.7 Å². The van der Waals surface area contributed by atoms with Gasteiger partial charge in [-0.3, -0.25) is 20.0 Å². The second-order valence-corrected chi connectivity index (χ2v) is 8.48. The maximum absolute atomic E-state index is 12.6. The molecule has 33 heavy (non-hydrogen) atoms. The fourth-order valence-corrected chi connectivity index (χ4v) is 2.96. The zero-order chi connectivity index (χ0) is 24.0. The van der Waals surface area contributed by atoms with E-state index in [1.54, 1.807) is 69.6 Å². The summed E-state index contributed by atoms with van der Waals surface area (Å²) in [6, 6.07) is 10.1. The Labute approximate surface area is 192 Å². The highest BCUT2D eigenvalue weighted by Gasteiger charge is 2.23. The average molecular weight is 453 g/mol. The van der Waals surface area contributed by atoms with E-state index in [2.05, 4.69) is 15.7 Å². The number of benzene rings is 1. The topological polar surface area (TPSA) is 114 Å². The first-order chi connectivity index (χ1) is 15.7. The van der Waals surface area contributed by atoms with E-state index in [1.165, 1.54) is 5.01 Å². The van der Waals surface area contributed by atoms with E-state index in [9.17, 15) is 14.4 Å². The molecule has 0 radical (unpaired) electrons. The molecule has 0 aliphatic heterocycles. The van der Waals surface area contributed by atoms with Crippen molar-refractivity contribution in [2.24, 2.45) is 0 Å². The molecule has 0 spiro atoms. The lowest BCUT2D eigenvalue weighted by Gasteiger charge is -2.27. The van der Waals surface area contributed by atoms with Gasteiger partial charge in [-0.15, -0.1) is 0 Å². The van der Waals surface area contributed by atoms with Crippen molar-refractivity contribution in [3.05, 3.63) is 65.7 Å². The van der Waals surface area contributed by atoms with E-state index in [0.717, 1.165) is 10.9 Å². The van der Waals surface area contributed by atoms with Crippen molar-refractivity contribution in [1.29, 1.82) is 0 Å². The summed E-state index contributed by atoms with van der Waals surface area (Å²) in [6.07, 6.45) is 3.27. The molecule has 0 aliphatic carbocycles. The van der Waals surface area contributed by atoms with Gasteiger partial charge in [-0.25, -0.2) is 9.80 Å². The third-order valence-electron chi connectivity index (χ3n) is 4.51. The summed E-state index contributed by atoms with van der Waals surface area (Å²) < 4.78 is 10.9. The molecular weight excluding hydrogens is 424 g/mol. The van der Waals surface area contributed by atoms with Crippen LogP contribution in [-0.4, -0.2) is 40.0 Å². The largest absolute Gasteiger partial charge is 0.451 e. The van der Waals surface area contributed by atoms with E-state index >= 15 is 0 Å². The van der Waals surface area contributed by atoms with Gasteiger partial charge in [0.1, 0.15) is 11.2 Å². The molecule has 9 nitrogen and oxygen atoms in total. The summed E-state index contributed by atoms with van der Waals surface area (Å²) in [5, 5.41) is 4.71. The van der Waals surface area contributed by atoms with Crippen LogP contribution < -0.4 is 10.7 Å². The van der Waals surface area contributed by atoms with Gasteiger partial charge in [-0.2, -0.15) is 0 Å². The molecule has 3 amide bonds. The second kappa shape index (κ2) is 10.2. The number of hydrogen-bond acceptors (Lipinski definition) is 6. The Balaban J connectivity index is 1.57. The smallest absolute Gasteiger partial charge is 0.429 e. The van der Waals surface area contributed by atoms with Crippen LogP contribution in [0.3, 0.4) is 0 Å². The fraction of sp³-hybridized carbons (Fsp3) is 0.333. The number of pyridine rings is 1. The summed E-state index contributed by atoms with van der Waals surface area (Å²) in [4.78, 5) is 41.3. The van der Waals surface area contributed by atoms with Gasteiger partial charge in [0.15, 0.2) is 5.76 Å². The summed E-state index contributed by atoms with van der Waals surface area (Å²) in [5.41, 5.74) is 3.69. The molecule has 9 heteroatoms. The van der Waals surface area contributed by atoms with Crippen molar-refractivity contribution in [3.8, 4) is 0 Å². The summed E-state index contributed by atoms with van der Waals surface area (Å²) >= 11 is 0. The molecule has 2 aromatic heterocycles. The first kappa shape index (κ1) is 23.8. The maximum Gasteiger partial charge on any atom is 0.429 e. The lowest BCUT2D eigenvalue weighted by Crippen LogP contribution is -2.48. The molecule has 174 valence electrons. The van der Waals surface area contributed by atoms with Crippen LogP contribution >= 0.6 is 0 Å². The van der Waals surface area contributed by atoms with Gasteiger partial charge in [0.2, 0.25) is 0 Å². The maximum atomic E-state index is 12.6. The van der Waals surface area contributed by atoms with E-state index in [-0.39, 0.29) is 18.2 Å². The Hall–Kier alpha value is -3.88. The van der Waals surface area contributed by atoms with Gasteiger partial charge in [-0.1, -0.05) is 19.1 Å². The standard InChI is InChI=1S/C24H28N4O5/c1-5-12-28(23(31)33-24(2,3)4)27-21(29)17-8-6-16(7-9-17)14-26-22(30)20-13-18-15-25-11-10-19(18)32-20/h6-11,13,15H,5,12,14H2,1-4H3,(H,26,30)(H,27,29). The predicted octanol–water partition coefficient (Wildman–Crippen LogP) is 4.05. The van der Waals surface area contributed by atoms with Crippen LogP contribution in [0.15, 0.2) is 53.2 Å². The molecule has 3 rings (SSSR count). The van der Waals surface area contributed by atoms with Gasteiger partial charge in [0.25, 0.3) is 11.8 Å². The van der Waals surface area contributed by atoms with Crippen LogP contribution in [0.2, 0.25) is 0 Å². The molecule has 0 aliphatic rings. The third-order valence-corrected chi connectivity index (χ3v) is 4.51. The third kappa shape index (κ3) is 6.55. The number of carbonyl (C=O) groups is 3. The van der Waals surface area contributed by atoms with Gasteiger partial charge in [0, 0.05) is 36.4 Å². The molecule has 0 bridgehead atoms. The number of hydrazine groups is 1. The number of fused-ring (bicyclic) bond motifs is 1. The molecule has 0 saturated heterocycles. The molecule has 1 aromatic carbocycles. The number of rotatable bonds is 6. The summed E-state index contributed by atoms with van der Waals surface area (Å²) in [5.74, 6) is -0.575. The van der Waals surface area contributed by atoms with Gasteiger partial charge < -0.3 is 14.5 Å². The summed E-state index contributed by atoms with van der Waals surface area (Å²) in [6.45, 7) is 7.77. The van der Waals surface area contributed by atoms with Crippen LogP contribution in [0.5, 0.6) is 0 Å². The number of aromatic nitrogens is 1. The van der Waals surface area contributed by atoms with Crippen molar-refractivity contribution >= 4 is 28.9 Å². The number of nitrogens with zero attached hydrogens (tertiary/aromatic N) is 2. The number of nitrogens with one attached hydrogen (secondary N) is 2. The molecule has 0 saturated carbocycles. The zero-order valence-electron chi connectivity index (χ0n) is 19.2. The van der Waals surface area contributed by atoms with Crippen molar-refractivity contribution in [2.75, 3.05) is 6.54 Å². The van der Waals surface area contributed by atoms with E-state index in [4.69, 9.17) is 9.15 Å². The minimum atomic E-state index is -0.668. The lowest BCUT2D eigenvalue weighted by atomic mass is 10.1. The number of carbonyl (C=O) groups excluding carboxylic acids is 3. The van der Waals surface area contributed by atoms with Crippen LogP contribution in [0.25, 0.3) is 11.0 Å². The Kier molecular flexibility index (Phi) is 7.32. The highest BCUT2D eigenvalue weighted by molar-refractivity contribution is 5.96. The van der Waals surface area contributed by atoms with Crippen molar-refractivity contribution in [2.45, 2.75) is 46.3 Å². The fourth-order valence-electron chi connectivity index (χ4n) is 2.96. The van der Waals surface area contributed by atoms with Crippen LogP contribution in [-0.2, 0) is 11.3 Å². The molecule has 2 N–H and O–H groups in total. The monoisotopic (exact) mass is 452 g/mol. The van der Waals surface area contributed by atoms with E-state index in [0.29, 0.717) is 24.1 Å². The second-order valence-electron chi connectivity index (χ2n) is 8.48. The number of hydrogen-bond donors (Lipinski definition) is 2. The molecule has 0 atom stereocenters. The van der Waals surface area contributed by atoms with Crippen LogP contribution in [0.1, 0.15) is 60.6 Å². The van der Waals surface area contributed by atoms with Crippen molar-refractivity contribution in [3.63, 3.8) is 0 Å². The van der Waals surface area contributed by atoms with Gasteiger partial charge in [-0.05, 0) is 57.0 Å². The van der Waals surface area contributed by atoms with Crippen molar-refractivity contribution < 1.29 is 23.5 Å². The normalized spacial score (nSPS) is 11.2. The SMILES string of the molecule is CCCN(NC(=O)c1ccc(CNC(=O)c2cc3cnccc3o2)cc1)C(=O)OC(C)(C)C. The minimum Gasteiger partial charge on any atom is -0.451 e. The molecular formula is C24H28N4O5.